The van der Waals surface area contributed by atoms with E-state index in [9.17, 15) is 5.11 Å². The number of hydrogen-bond acceptors (Lipinski definition) is 6. The summed E-state index contributed by atoms with van der Waals surface area (Å²) in [5.74, 6) is 1.72. The summed E-state index contributed by atoms with van der Waals surface area (Å²) >= 11 is 0. The highest BCUT2D eigenvalue weighted by molar-refractivity contribution is 6.12. The van der Waals surface area contributed by atoms with E-state index in [-0.39, 0.29) is 6.10 Å². The van der Waals surface area contributed by atoms with Gasteiger partial charge in [-0.05, 0) is 44.1 Å². The Labute approximate surface area is 131 Å². The van der Waals surface area contributed by atoms with Crippen molar-refractivity contribution in [2.24, 2.45) is 5.92 Å². The van der Waals surface area contributed by atoms with E-state index >= 15 is 0 Å². The molecule has 1 aliphatic rings. The Morgan fingerprint density at radius 1 is 1.41 bits per heavy atom. The summed E-state index contributed by atoms with van der Waals surface area (Å²) in [6.45, 7) is 6.42. The van der Waals surface area contributed by atoms with Crippen LogP contribution in [-0.2, 0) is 0 Å². The van der Waals surface area contributed by atoms with Crippen molar-refractivity contribution in [1.29, 1.82) is 5.41 Å². The maximum absolute atomic E-state index is 9.57. The number of aromatic nitrogens is 2. The zero-order chi connectivity index (χ0) is 16.1. The fourth-order valence-corrected chi connectivity index (χ4v) is 2.64. The first-order chi connectivity index (χ1) is 10.5. The summed E-state index contributed by atoms with van der Waals surface area (Å²) < 4.78 is 0. The number of aliphatic hydroxyl groups is 1. The van der Waals surface area contributed by atoms with Gasteiger partial charge in [0.25, 0.3) is 0 Å². The molecule has 4 N–H and O–H groups in total. The quantitative estimate of drug-likeness (QED) is 0.606. The second-order valence-corrected chi connectivity index (χ2v) is 5.92. The van der Waals surface area contributed by atoms with E-state index in [1.165, 1.54) is 0 Å². The molecule has 120 valence electrons. The first-order valence-electron chi connectivity index (χ1n) is 7.72. The minimum atomic E-state index is -0.140. The average Bonchev–Trinajstić information content (AvgIpc) is 2.53. The zero-order valence-corrected chi connectivity index (χ0v) is 13.3. The predicted octanol–water partition coefficient (Wildman–Crippen LogP) is 2.43. The topological polar surface area (TPSA) is 93.9 Å². The Kier molecular flexibility index (Phi) is 5.49. The lowest BCUT2D eigenvalue weighted by Gasteiger charge is -2.26. The molecule has 0 atom stereocenters. The molecule has 0 radical (unpaired) electrons. The normalized spacial score (nSPS) is 21.2. The van der Waals surface area contributed by atoms with Crippen molar-refractivity contribution in [3.63, 3.8) is 0 Å². The van der Waals surface area contributed by atoms with Gasteiger partial charge in [0, 0.05) is 19.8 Å². The van der Waals surface area contributed by atoms with Gasteiger partial charge >= 0.3 is 0 Å². The maximum atomic E-state index is 9.57. The van der Waals surface area contributed by atoms with Gasteiger partial charge in [0.15, 0.2) is 0 Å². The van der Waals surface area contributed by atoms with Gasteiger partial charge in [-0.25, -0.2) is 4.98 Å². The molecule has 1 aromatic rings. The van der Waals surface area contributed by atoms with Crippen molar-refractivity contribution in [3.05, 3.63) is 23.9 Å². The molecule has 0 bridgehead atoms. The molecule has 0 spiro atoms. The first-order valence-corrected chi connectivity index (χ1v) is 7.72. The molecule has 0 amide bonds. The highest BCUT2D eigenvalue weighted by Crippen LogP contribution is 2.25. The van der Waals surface area contributed by atoms with Crippen LogP contribution in [0.4, 0.5) is 11.8 Å². The lowest BCUT2D eigenvalue weighted by molar-refractivity contribution is 0.111. The average molecular weight is 303 g/mol. The van der Waals surface area contributed by atoms with Gasteiger partial charge in [0.1, 0.15) is 5.82 Å². The molecule has 22 heavy (non-hydrogen) atoms. The van der Waals surface area contributed by atoms with Crippen LogP contribution in [0.25, 0.3) is 0 Å². The monoisotopic (exact) mass is 303 g/mol. The molecular weight excluding hydrogens is 278 g/mol. The van der Waals surface area contributed by atoms with Crippen LogP contribution < -0.4 is 10.6 Å². The Morgan fingerprint density at radius 3 is 2.68 bits per heavy atom. The lowest BCUT2D eigenvalue weighted by Crippen LogP contribution is -2.24. The van der Waals surface area contributed by atoms with Crippen molar-refractivity contribution in [2.75, 3.05) is 24.2 Å². The second kappa shape index (κ2) is 7.35. The van der Waals surface area contributed by atoms with Gasteiger partial charge in [-0.15, -0.1) is 0 Å². The number of nitrogens with zero attached hydrogens (tertiary/aromatic N) is 2. The van der Waals surface area contributed by atoms with Gasteiger partial charge in [0.2, 0.25) is 5.95 Å². The second-order valence-electron chi connectivity index (χ2n) is 5.92. The number of anilines is 2. The van der Waals surface area contributed by atoms with E-state index in [1.54, 1.807) is 20.2 Å². The minimum absolute atomic E-state index is 0.140. The summed E-state index contributed by atoms with van der Waals surface area (Å²) in [7, 11) is 1.77. The number of hydrogen-bond donors (Lipinski definition) is 4. The van der Waals surface area contributed by atoms with Crippen LogP contribution in [0.2, 0.25) is 0 Å². The van der Waals surface area contributed by atoms with Crippen molar-refractivity contribution in [1.82, 2.24) is 9.97 Å². The molecule has 1 aliphatic carbocycles. The van der Waals surface area contributed by atoms with Crippen LogP contribution in [0.1, 0.15) is 38.2 Å². The van der Waals surface area contributed by atoms with Gasteiger partial charge in [0.05, 0.1) is 17.4 Å². The van der Waals surface area contributed by atoms with Crippen molar-refractivity contribution in [2.45, 2.75) is 38.7 Å². The Morgan fingerprint density at radius 2 is 2.09 bits per heavy atom. The SMILES string of the molecule is C=C(C)C(=N)c1cnc(NC)nc1NCC1CCC(O)CC1. The van der Waals surface area contributed by atoms with Gasteiger partial charge in [-0.3, -0.25) is 5.41 Å². The van der Waals surface area contributed by atoms with Crippen molar-refractivity contribution >= 4 is 17.5 Å². The number of nitrogens with one attached hydrogen (secondary N) is 3. The molecule has 0 saturated heterocycles. The largest absolute Gasteiger partial charge is 0.393 e. The van der Waals surface area contributed by atoms with E-state index < -0.39 is 0 Å². The summed E-state index contributed by atoms with van der Waals surface area (Å²) in [4.78, 5) is 8.62. The molecule has 0 aliphatic heterocycles. The van der Waals surface area contributed by atoms with Gasteiger partial charge in [-0.2, -0.15) is 4.98 Å². The summed E-state index contributed by atoms with van der Waals surface area (Å²) in [6, 6.07) is 0. The smallest absolute Gasteiger partial charge is 0.224 e. The van der Waals surface area contributed by atoms with E-state index in [4.69, 9.17) is 5.41 Å². The fourth-order valence-electron chi connectivity index (χ4n) is 2.64. The Hall–Kier alpha value is -1.95. The van der Waals surface area contributed by atoms with E-state index in [1.807, 2.05) is 0 Å². The first kappa shape index (κ1) is 16.4. The predicted molar refractivity (Wildman–Crippen MR) is 89.7 cm³/mol. The molecule has 1 heterocycles. The molecule has 0 unspecified atom stereocenters. The standard InChI is InChI=1S/C16H25N5O/c1-10(2)14(17)13-9-20-16(18-3)21-15(13)19-8-11-4-6-12(22)7-5-11/h9,11-12,17,22H,1,4-8H2,2-3H3,(H2,18,19,20,21). The zero-order valence-electron chi connectivity index (χ0n) is 13.3. The van der Waals surface area contributed by atoms with E-state index in [0.717, 1.165) is 32.2 Å². The minimum Gasteiger partial charge on any atom is -0.393 e. The van der Waals surface area contributed by atoms with Gasteiger partial charge < -0.3 is 15.7 Å². The van der Waals surface area contributed by atoms with Crippen LogP contribution in [0.15, 0.2) is 18.3 Å². The van der Waals surface area contributed by atoms with E-state index in [0.29, 0.717) is 34.5 Å². The number of allylic oxidation sites excluding steroid dienone is 1. The molecule has 6 nitrogen and oxygen atoms in total. The highest BCUT2D eigenvalue weighted by atomic mass is 16.3. The summed E-state index contributed by atoms with van der Waals surface area (Å²) in [6.07, 6.45) is 5.29. The Balaban J connectivity index is 2.10. The van der Waals surface area contributed by atoms with Gasteiger partial charge in [-0.1, -0.05) is 6.58 Å². The third-order valence-corrected chi connectivity index (χ3v) is 4.08. The van der Waals surface area contributed by atoms with Crippen LogP contribution in [-0.4, -0.2) is 40.5 Å². The maximum Gasteiger partial charge on any atom is 0.224 e. The number of rotatable bonds is 6. The van der Waals surface area contributed by atoms with Crippen LogP contribution in [0.3, 0.4) is 0 Å². The molecule has 6 heteroatoms. The van der Waals surface area contributed by atoms with Crippen LogP contribution in [0, 0.1) is 11.3 Å². The molecular formula is C16H25N5O. The third-order valence-electron chi connectivity index (χ3n) is 4.08. The Bertz CT molecular complexity index is 549. The third kappa shape index (κ3) is 4.04. The molecule has 2 rings (SSSR count). The summed E-state index contributed by atoms with van der Waals surface area (Å²) in [5, 5.41) is 24.0. The molecule has 1 fully saturated rings. The number of aliphatic hydroxyl groups excluding tert-OH is 1. The highest BCUT2D eigenvalue weighted by Gasteiger charge is 2.20. The molecule has 1 aromatic heterocycles. The molecule has 0 aromatic carbocycles. The van der Waals surface area contributed by atoms with Crippen molar-refractivity contribution in [3.8, 4) is 0 Å². The fraction of sp³-hybridized carbons (Fsp3) is 0.562. The van der Waals surface area contributed by atoms with Crippen LogP contribution >= 0.6 is 0 Å². The summed E-state index contributed by atoms with van der Waals surface area (Å²) in [5.41, 5.74) is 1.70. The van der Waals surface area contributed by atoms with Crippen molar-refractivity contribution < 1.29 is 5.11 Å². The van der Waals surface area contributed by atoms with E-state index in [2.05, 4.69) is 27.2 Å². The lowest BCUT2D eigenvalue weighted by atomic mass is 9.87. The molecule has 1 saturated carbocycles. The van der Waals surface area contributed by atoms with Crippen LogP contribution in [0.5, 0.6) is 0 Å².